The van der Waals surface area contributed by atoms with Crippen LogP contribution in [0.1, 0.15) is 38.2 Å². The van der Waals surface area contributed by atoms with Crippen molar-refractivity contribution in [3.63, 3.8) is 0 Å². The number of urea groups is 1. The quantitative estimate of drug-likeness (QED) is 0.787. The summed E-state index contributed by atoms with van der Waals surface area (Å²) in [6.07, 6.45) is 4.02. The van der Waals surface area contributed by atoms with Crippen LogP contribution in [-0.4, -0.2) is 41.4 Å². The summed E-state index contributed by atoms with van der Waals surface area (Å²) >= 11 is 0. The molecule has 2 N–H and O–H groups in total. The van der Waals surface area contributed by atoms with Crippen molar-refractivity contribution in [1.82, 2.24) is 15.5 Å². The zero-order valence-corrected chi connectivity index (χ0v) is 14.9. The van der Waals surface area contributed by atoms with E-state index in [0.29, 0.717) is 19.4 Å². The molecule has 1 aliphatic heterocycles. The highest BCUT2D eigenvalue weighted by molar-refractivity contribution is 6.09. The van der Waals surface area contributed by atoms with Crippen molar-refractivity contribution in [1.29, 1.82) is 0 Å². The maximum atomic E-state index is 12.9. The Balaban J connectivity index is 1.53. The van der Waals surface area contributed by atoms with E-state index >= 15 is 0 Å². The van der Waals surface area contributed by atoms with Gasteiger partial charge in [0.1, 0.15) is 17.9 Å². The molecule has 7 heteroatoms. The molecule has 2 aliphatic rings. The Labute approximate surface area is 152 Å². The zero-order chi connectivity index (χ0) is 18.7. The summed E-state index contributed by atoms with van der Waals surface area (Å²) in [5.74, 6) is -0.902. The van der Waals surface area contributed by atoms with Gasteiger partial charge in [-0.1, -0.05) is 31.9 Å². The second-order valence-electron chi connectivity index (χ2n) is 7.17. The minimum Gasteiger partial charge on any atom is -0.354 e. The van der Waals surface area contributed by atoms with Gasteiger partial charge in [-0.3, -0.25) is 14.5 Å². The normalized spacial score (nSPS) is 25.5. The Morgan fingerprint density at radius 1 is 1.31 bits per heavy atom. The van der Waals surface area contributed by atoms with Crippen molar-refractivity contribution in [3.05, 3.63) is 35.6 Å². The summed E-state index contributed by atoms with van der Waals surface area (Å²) in [6, 6.07) is 5.57. The van der Waals surface area contributed by atoms with Crippen LogP contribution in [-0.2, 0) is 16.0 Å². The van der Waals surface area contributed by atoms with Gasteiger partial charge in [0.2, 0.25) is 5.91 Å². The van der Waals surface area contributed by atoms with Crippen molar-refractivity contribution in [2.24, 2.45) is 5.92 Å². The van der Waals surface area contributed by atoms with Gasteiger partial charge < -0.3 is 10.6 Å². The minimum absolute atomic E-state index is 0.0687. The van der Waals surface area contributed by atoms with E-state index in [9.17, 15) is 18.8 Å². The van der Waals surface area contributed by atoms with E-state index in [0.717, 1.165) is 29.7 Å². The number of amides is 4. The Morgan fingerprint density at radius 3 is 2.73 bits per heavy atom. The van der Waals surface area contributed by atoms with E-state index in [4.69, 9.17) is 0 Å². The predicted octanol–water partition coefficient (Wildman–Crippen LogP) is 1.99. The molecule has 1 spiro atoms. The van der Waals surface area contributed by atoms with Crippen molar-refractivity contribution >= 4 is 17.8 Å². The van der Waals surface area contributed by atoms with Gasteiger partial charge in [-0.25, -0.2) is 9.18 Å². The topological polar surface area (TPSA) is 78.5 Å². The molecule has 3 rings (SSSR count). The van der Waals surface area contributed by atoms with E-state index in [1.807, 2.05) is 6.92 Å². The van der Waals surface area contributed by atoms with Crippen LogP contribution in [0.15, 0.2) is 24.3 Å². The molecule has 140 valence electrons. The first-order valence-electron chi connectivity index (χ1n) is 9.07. The molecule has 1 saturated carbocycles. The molecule has 0 radical (unpaired) electrons. The standard InChI is InChI=1S/C19H24FN3O3/c1-13-4-2-3-10-19(13)17(25)23(18(26)22-19)12-16(24)21-11-9-14-5-7-15(20)8-6-14/h5-8,13H,2-4,9-12H2,1H3,(H,21,24)(H,22,26)/t13-,19+/m1/s1. The van der Waals surface area contributed by atoms with E-state index in [2.05, 4.69) is 10.6 Å². The third kappa shape index (κ3) is 3.57. The summed E-state index contributed by atoms with van der Waals surface area (Å²) in [7, 11) is 0. The number of carbonyl (C=O) groups excluding carboxylic acids is 3. The monoisotopic (exact) mass is 361 g/mol. The highest BCUT2D eigenvalue weighted by atomic mass is 19.1. The third-order valence-electron chi connectivity index (χ3n) is 5.45. The fraction of sp³-hybridized carbons (Fsp3) is 0.526. The highest BCUT2D eigenvalue weighted by Crippen LogP contribution is 2.38. The number of nitrogens with one attached hydrogen (secondary N) is 2. The molecule has 1 aromatic carbocycles. The molecule has 26 heavy (non-hydrogen) atoms. The lowest BCUT2D eigenvalue weighted by Gasteiger charge is -2.36. The van der Waals surface area contributed by atoms with Gasteiger partial charge in [0, 0.05) is 6.54 Å². The van der Waals surface area contributed by atoms with Crippen LogP contribution in [0.3, 0.4) is 0 Å². The molecule has 4 amide bonds. The molecule has 0 unspecified atom stereocenters. The van der Waals surface area contributed by atoms with Gasteiger partial charge in [-0.15, -0.1) is 0 Å². The highest BCUT2D eigenvalue weighted by Gasteiger charge is 2.55. The van der Waals surface area contributed by atoms with Crippen LogP contribution in [0.2, 0.25) is 0 Å². The van der Waals surface area contributed by atoms with Gasteiger partial charge in [-0.2, -0.15) is 0 Å². The van der Waals surface area contributed by atoms with E-state index in [1.54, 1.807) is 12.1 Å². The molecule has 1 aromatic rings. The van der Waals surface area contributed by atoms with Crippen LogP contribution in [0.25, 0.3) is 0 Å². The molecule has 1 aliphatic carbocycles. The molecule has 1 heterocycles. The smallest absolute Gasteiger partial charge is 0.325 e. The molecule has 0 aromatic heterocycles. The van der Waals surface area contributed by atoms with E-state index in [-0.39, 0.29) is 30.1 Å². The largest absolute Gasteiger partial charge is 0.354 e. The first-order chi connectivity index (χ1) is 12.4. The Kier molecular flexibility index (Phi) is 5.25. The molecular formula is C19H24FN3O3. The van der Waals surface area contributed by atoms with E-state index < -0.39 is 11.6 Å². The maximum Gasteiger partial charge on any atom is 0.325 e. The number of imide groups is 1. The number of hydrogen-bond donors (Lipinski definition) is 2. The number of carbonyl (C=O) groups is 3. The number of rotatable bonds is 5. The van der Waals surface area contributed by atoms with Crippen LogP contribution >= 0.6 is 0 Å². The number of nitrogens with zero attached hydrogens (tertiary/aromatic N) is 1. The van der Waals surface area contributed by atoms with Gasteiger partial charge in [0.05, 0.1) is 0 Å². The Morgan fingerprint density at radius 2 is 2.04 bits per heavy atom. The van der Waals surface area contributed by atoms with Gasteiger partial charge in [-0.05, 0) is 42.9 Å². The lowest BCUT2D eigenvalue weighted by Crippen LogP contribution is -2.54. The van der Waals surface area contributed by atoms with Crippen molar-refractivity contribution in [3.8, 4) is 0 Å². The number of halogens is 1. The van der Waals surface area contributed by atoms with Gasteiger partial charge >= 0.3 is 6.03 Å². The SMILES string of the molecule is C[C@@H]1CCCC[C@]12NC(=O)N(CC(=O)NCCc1ccc(F)cc1)C2=O. The molecule has 6 nitrogen and oxygen atoms in total. The first kappa shape index (κ1) is 18.4. The average molecular weight is 361 g/mol. The third-order valence-corrected chi connectivity index (χ3v) is 5.45. The van der Waals surface area contributed by atoms with Crippen LogP contribution in [0.4, 0.5) is 9.18 Å². The van der Waals surface area contributed by atoms with Gasteiger partial charge in [0.25, 0.3) is 5.91 Å². The Hall–Kier alpha value is -2.44. The second-order valence-corrected chi connectivity index (χ2v) is 7.17. The molecule has 0 bridgehead atoms. The van der Waals surface area contributed by atoms with Gasteiger partial charge in [0.15, 0.2) is 0 Å². The number of hydrogen-bond acceptors (Lipinski definition) is 3. The lowest BCUT2D eigenvalue weighted by atomic mass is 9.73. The average Bonchev–Trinajstić information content (AvgIpc) is 2.84. The molecule has 1 saturated heterocycles. The molecule has 2 fully saturated rings. The molecule has 2 atom stereocenters. The summed E-state index contributed by atoms with van der Waals surface area (Å²) in [5, 5.41) is 5.54. The predicted molar refractivity (Wildman–Crippen MR) is 93.7 cm³/mol. The summed E-state index contributed by atoms with van der Waals surface area (Å²) < 4.78 is 12.9. The van der Waals surface area contributed by atoms with Crippen LogP contribution in [0, 0.1) is 11.7 Å². The summed E-state index contributed by atoms with van der Waals surface area (Å²) in [4.78, 5) is 38.2. The first-order valence-corrected chi connectivity index (χ1v) is 9.07. The minimum atomic E-state index is -0.844. The van der Waals surface area contributed by atoms with Crippen molar-refractivity contribution < 1.29 is 18.8 Å². The van der Waals surface area contributed by atoms with Crippen LogP contribution in [0.5, 0.6) is 0 Å². The zero-order valence-electron chi connectivity index (χ0n) is 14.9. The maximum absolute atomic E-state index is 12.9. The van der Waals surface area contributed by atoms with E-state index in [1.165, 1.54) is 12.1 Å². The number of benzene rings is 1. The van der Waals surface area contributed by atoms with Crippen molar-refractivity contribution in [2.75, 3.05) is 13.1 Å². The van der Waals surface area contributed by atoms with Crippen LogP contribution < -0.4 is 10.6 Å². The van der Waals surface area contributed by atoms with Crippen molar-refractivity contribution in [2.45, 2.75) is 44.6 Å². The fourth-order valence-electron chi connectivity index (χ4n) is 3.84. The second kappa shape index (κ2) is 7.43. The molecular weight excluding hydrogens is 337 g/mol. The lowest BCUT2D eigenvalue weighted by molar-refractivity contribution is -0.137. The fourth-order valence-corrected chi connectivity index (χ4v) is 3.84. The summed E-state index contributed by atoms with van der Waals surface area (Å²) in [6.45, 7) is 2.06. The summed E-state index contributed by atoms with van der Waals surface area (Å²) in [5.41, 5.74) is 0.0562. The Bertz CT molecular complexity index is 706.